The SMILES string of the molecule is CCNC(=O)C(C)(C)CNC(=NC)NCCc1c[nH]c2ccccc12. The number of amides is 1. The van der Waals surface area contributed by atoms with E-state index < -0.39 is 5.41 Å². The van der Waals surface area contributed by atoms with Crippen LogP contribution in [-0.4, -0.2) is 43.5 Å². The van der Waals surface area contributed by atoms with Gasteiger partial charge in [0, 0.05) is 43.8 Å². The van der Waals surface area contributed by atoms with Gasteiger partial charge >= 0.3 is 0 Å². The molecule has 0 saturated carbocycles. The van der Waals surface area contributed by atoms with Crippen LogP contribution in [0.3, 0.4) is 0 Å². The van der Waals surface area contributed by atoms with E-state index >= 15 is 0 Å². The first kappa shape index (κ1) is 18.8. The van der Waals surface area contributed by atoms with Crippen molar-refractivity contribution in [2.75, 3.05) is 26.7 Å². The minimum atomic E-state index is -0.496. The molecule has 2 rings (SSSR count). The Labute approximate surface area is 149 Å². The largest absolute Gasteiger partial charge is 0.361 e. The van der Waals surface area contributed by atoms with Crippen molar-refractivity contribution in [3.8, 4) is 0 Å². The van der Waals surface area contributed by atoms with Crippen LogP contribution in [-0.2, 0) is 11.2 Å². The van der Waals surface area contributed by atoms with Crippen LogP contribution in [0.5, 0.6) is 0 Å². The van der Waals surface area contributed by atoms with Crippen LogP contribution in [0.25, 0.3) is 10.9 Å². The maximum Gasteiger partial charge on any atom is 0.227 e. The lowest BCUT2D eigenvalue weighted by Crippen LogP contribution is -2.48. The number of H-pyrrole nitrogens is 1. The summed E-state index contributed by atoms with van der Waals surface area (Å²) in [6.45, 7) is 7.69. The normalized spacial score (nSPS) is 12.2. The molecule has 4 N–H and O–H groups in total. The molecule has 0 aliphatic carbocycles. The summed E-state index contributed by atoms with van der Waals surface area (Å²) < 4.78 is 0. The highest BCUT2D eigenvalue weighted by atomic mass is 16.2. The molecule has 0 unspecified atom stereocenters. The van der Waals surface area contributed by atoms with E-state index in [1.807, 2.05) is 26.8 Å². The molecule has 0 fully saturated rings. The third kappa shape index (κ3) is 4.98. The second kappa shape index (κ2) is 8.55. The number of hydrogen-bond acceptors (Lipinski definition) is 2. The Balaban J connectivity index is 1.83. The number of para-hydroxylation sites is 1. The average molecular weight is 343 g/mol. The van der Waals surface area contributed by atoms with Gasteiger partial charge < -0.3 is 20.9 Å². The van der Waals surface area contributed by atoms with Crippen molar-refractivity contribution in [2.24, 2.45) is 10.4 Å². The van der Waals surface area contributed by atoms with Gasteiger partial charge in [-0.1, -0.05) is 18.2 Å². The first-order valence-corrected chi connectivity index (χ1v) is 8.75. The number of hydrogen-bond donors (Lipinski definition) is 4. The van der Waals surface area contributed by atoms with Gasteiger partial charge in [0.2, 0.25) is 5.91 Å². The molecule has 6 nitrogen and oxygen atoms in total. The van der Waals surface area contributed by atoms with Crippen molar-refractivity contribution in [1.82, 2.24) is 20.9 Å². The molecule has 0 bridgehead atoms. The zero-order valence-electron chi connectivity index (χ0n) is 15.6. The van der Waals surface area contributed by atoms with E-state index in [1.54, 1.807) is 7.05 Å². The summed E-state index contributed by atoms with van der Waals surface area (Å²) in [6, 6.07) is 8.29. The molecule has 0 atom stereocenters. The second-order valence-electron chi connectivity index (χ2n) is 6.71. The van der Waals surface area contributed by atoms with E-state index in [9.17, 15) is 4.79 Å². The zero-order valence-corrected chi connectivity index (χ0v) is 15.6. The molecule has 0 aliphatic heterocycles. The topological polar surface area (TPSA) is 81.3 Å². The number of guanidine groups is 1. The number of aromatic nitrogens is 1. The molecular weight excluding hydrogens is 314 g/mol. The summed E-state index contributed by atoms with van der Waals surface area (Å²) in [5.41, 5.74) is 1.94. The summed E-state index contributed by atoms with van der Waals surface area (Å²) in [4.78, 5) is 19.6. The van der Waals surface area contributed by atoms with Crippen LogP contribution < -0.4 is 16.0 Å². The maximum absolute atomic E-state index is 12.0. The molecule has 1 aromatic carbocycles. The number of aromatic amines is 1. The molecule has 6 heteroatoms. The minimum absolute atomic E-state index is 0.0387. The maximum atomic E-state index is 12.0. The third-order valence-corrected chi connectivity index (χ3v) is 4.24. The van der Waals surface area contributed by atoms with Crippen LogP contribution in [0.4, 0.5) is 0 Å². The van der Waals surface area contributed by atoms with E-state index in [0.717, 1.165) is 18.5 Å². The van der Waals surface area contributed by atoms with Crippen molar-refractivity contribution >= 4 is 22.8 Å². The van der Waals surface area contributed by atoms with Crippen molar-refractivity contribution in [3.63, 3.8) is 0 Å². The smallest absolute Gasteiger partial charge is 0.227 e. The van der Waals surface area contributed by atoms with Gasteiger partial charge in [0.15, 0.2) is 5.96 Å². The van der Waals surface area contributed by atoms with E-state index in [1.165, 1.54) is 10.9 Å². The highest BCUT2D eigenvalue weighted by Gasteiger charge is 2.27. The predicted octanol–water partition coefficient (Wildman–Crippen LogP) is 2.04. The van der Waals surface area contributed by atoms with Gasteiger partial charge in [-0.2, -0.15) is 0 Å². The number of nitrogens with zero attached hydrogens (tertiary/aromatic N) is 1. The van der Waals surface area contributed by atoms with Crippen LogP contribution in [0, 0.1) is 5.41 Å². The Morgan fingerprint density at radius 3 is 2.68 bits per heavy atom. The van der Waals surface area contributed by atoms with Gasteiger partial charge in [0.1, 0.15) is 0 Å². The average Bonchev–Trinajstić information content (AvgIpc) is 3.01. The fraction of sp³-hybridized carbons (Fsp3) is 0.474. The molecule has 1 amide bonds. The standard InChI is InChI=1S/C19H29N5O/c1-5-21-17(25)19(2,3)13-24-18(20-4)22-11-10-14-12-23-16-9-7-6-8-15(14)16/h6-9,12,23H,5,10-11,13H2,1-4H3,(H,21,25)(H2,20,22,24). The van der Waals surface area contributed by atoms with E-state index in [-0.39, 0.29) is 5.91 Å². The molecule has 0 aliphatic rings. The van der Waals surface area contributed by atoms with Crippen molar-refractivity contribution in [2.45, 2.75) is 27.2 Å². The Kier molecular flexibility index (Phi) is 6.44. The highest BCUT2D eigenvalue weighted by Crippen LogP contribution is 2.17. The summed E-state index contributed by atoms with van der Waals surface area (Å²) in [5.74, 6) is 0.744. The monoisotopic (exact) mass is 343 g/mol. The lowest BCUT2D eigenvalue weighted by molar-refractivity contribution is -0.128. The Morgan fingerprint density at radius 2 is 1.96 bits per heavy atom. The predicted molar refractivity (Wildman–Crippen MR) is 104 cm³/mol. The summed E-state index contributed by atoms with van der Waals surface area (Å²) >= 11 is 0. The van der Waals surface area contributed by atoms with E-state index in [0.29, 0.717) is 19.0 Å². The Bertz CT molecular complexity index is 732. The Morgan fingerprint density at radius 1 is 1.20 bits per heavy atom. The number of nitrogens with one attached hydrogen (secondary N) is 4. The van der Waals surface area contributed by atoms with Gasteiger partial charge in [0.05, 0.1) is 5.41 Å². The molecule has 0 saturated heterocycles. The first-order chi connectivity index (χ1) is 12.0. The molecule has 25 heavy (non-hydrogen) atoms. The van der Waals surface area contributed by atoms with Crippen LogP contribution in [0.15, 0.2) is 35.5 Å². The number of carbonyl (C=O) groups is 1. The van der Waals surface area contributed by atoms with Gasteiger partial charge in [0.25, 0.3) is 0 Å². The lowest BCUT2D eigenvalue weighted by atomic mass is 9.92. The first-order valence-electron chi connectivity index (χ1n) is 8.75. The molecule has 0 spiro atoms. The summed E-state index contributed by atoms with van der Waals surface area (Å²) in [6.07, 6.45) is 2.95. The molecule has 1 heterocycles. The zero-order chi connectivity index (χ0) is 18.3. The second-order valence-corrected chi connectivity index (χ2v) is 6.71. The summed E-state index contributed by atoms with van der Waals surface area (Å²) in [5, 5.41) is 10.7. The lowest BCUT2D eigenvalue weighted by Gasteiger charge is -2.24. The fourth-order valence-corrected chi connectivity index (χ4v) is 2.66. The van der Waals surface area contributed by atoms with Gasteiger partial charge in [-0.3, -0.25) is 9.79 Å². The van der Waals surface area contributed by atoms with Crippen LogP contribution >= 0.6 is 0 Å². The molecular formula is C19H29N5O. The number of carbonyl (C=O) groups excluding carboxylic acids is 1. The third-order valence-electron chi connectivity index (χ3n) is 4.24. The van der Waals surface area contributed by atoms with Gasteiger partial charge in [-0.15, -0.1) is 0 Å². The Hall–Kier alpha value is -2.50. The van der Waals surface area contributed by atoms with Crippen LogP contribution in [0.1, 0.15) is 26.3 Å². The molecule has 1 aromatic heterocycles. The van der Waals surface area contributed by atoms with Gasteiger partial charge in [-0.25, -0.2) is 0 Å². The molecule has 0 radical (unpaired) electrons. The highest BCUT2D eigenvalue weighted by molar-refractivity contribution is 5.85. The van der Waals surface area contributed by atoms with Crippen molar-refractivity contribution < 1.29 is 4.79 Å². The van der Waals surface area contributed by atoms with Crippen LogP contribution in [0.2, 0.25) is 0 Å². The van der Waals surface area contributed by atoms with E-state index in [2.05, 4.69) is 50.3 Å². The molecule has 136 valence electrons. The fourth-order valence-electron chi connectivity index (χ4n) is 2.66. The number of benzene rings is 1. The van der Waals surface area contributed by atoms with Crippen molar-refractivity contribution in [1.29, 1.82) is 0 Å². The van der Waals surface area contributed by atoms with E-state index in [4.69, 9.17) is 0 Å². The number of rotatable bonds is 7. The summed E-state index contributed by atoms with van der Waals surface area (Å²) in [7, 11) is 1.74. The van der Waals surface area contributed by atoms with Crippen molar-refractivity contribution in [3.05, 3.63) is 36.0 Å². The molecule has 2 aromatic rings. The number of aliphatic imine (C=N–C) groups is 1. The number of fused-ring (bicyclic) bond motifs is 1. The minimum Gasteiger partial charge on any atom is -0.361 e. The van der Waals surface area contributed by atoms with Gasteiger partial charge in [-0.05, 0) is 38.8 Å². The quantitative estimate of drug-likeness (QED) is 0.459.